The number of nitrogens with zero attached hydrogens (tertiary/aromatic N) is 4. The van der Waals surface area contributed by atoms with Crippen LogP contribution in [0.25, 0.3) is 128 Å². The third kappa shape index (κ3) is 13.2. The number of fused-ring (bicyclic) bond motifs is 20. The molecule has 0 fully saturated rings. The molecule has 18 aromatic carbocycles. The van der Waals surface area contributed by atoms with Crippen LogP contribution in [0, 0.1) is 0 Å². The Morgan fingerprint density at radius 2 is 0.449 bits per heavy atom. The van der Waals surface area contributed by atoms with Crippen molar-refractivity contribution in [3.63, 3.8) is 0 Å². The second-order valence-corrected chi connectivity index (χ2v) is 41.7. The van der Waals surface area contributed by atoms with E-state index in [0.717, 1.165) is 90.2 Å². The van der Waals surface area contributed by atoms with Crippen LogP contribution < -0.4 is 19.6 Å². The van der Waals surface area contributed by atoms with Crippen LogP contribution in [0.15, 0.2) is 441 Å². The van der Waals surface area contributed by atoms with E-state index >= 15 is 0 Å². The zero-order valence-corrected chi connectivity index (χ0v) is 79.4. The van der Waals surface area contributed by atoms with Gasteiger partial charge < -0.3 is 24.0 Å². The van der Waals surface area contributed by atoms with E-state index in [1.54, 1.807) is 0 Å². The topological polar surface area (TPSA) is 26.1 Å². The molecule has 0 N–H and O–H groups in total. The zero-order chi connectivity index (χ0) is 91.5. The molecule has 0 saturated heterocycles. The lowest BCUT2D eigenvalue weighted by Gasteiger charge is -2.32. The molecule has 4 aliphatic carbocycles. The summed E-state index contributed by atoms with van der Waals surface area (Å²) in [6.07, 6.45) is 0. The molecule has 0 unspecified atom stereocenters. The minimum absolute atomic E-state index is 0.229. The highest BCUT2D eigenvalue weighted by Gasteiger charge is 2.51. The Hall–Kier alpha value is -15.4. The van der Waals surface area contributed by atoms with Crippen molar-refractivity contribution in [3.8, 4) is 86.3 Å². The minimum atomic E-state index is -0.259. The van der Waals surface area contributed by atoms with Crippen LogP contribution in [-0.2, 0) is 21.7 Å². The van der Waals surface area contributed by atoms with E-state index in [4.69, 9.17) is 4.42 Å². The summed E-state index contributed by atoms with van der Waals surface area (Å²) in [7, 11) is 0. The number of rotatable bonds is 16. The van der Waals surface area contributed by atoms with Crippen LogP contribution >= 0.6 is 34.0 Å². The Morgan fingerprint density at radius 3 is 0.816 bits per heavy atom. The van der Waals surface area contributed by atoms with E-state index in [9.17, 15) is 0 Å². The van der Waals surface area contributed by atoms with Crippen LogP contribution in [0.2, 0.25) is 0 Å². The van der Waals surface area contributed by atoms with E-state index in [1.807, 2.05) is 40.1 Å². The highest BCUT2D eigenvalue weighted by Crippen LogP contribution is 2.68. The monoisotopic (exact) mass is 1800 g/mol. The molecule has 26 rings (SSSR count). The average molecular weight is 1800 g/mol. The highest BCUT2D eigenvalue weighted by molar-refractivity contribution is 7.25. The van der Waals surface area contributed by atoms with Crippen molar-refractivity contribution in [1.29, 1.82) is 0 Å². The first-order valence-electron chi connectivity index (χ1n) is 47.2. The van der Waals surface area contributed by atoms with Crippen molar-refractivity contribution in [2.75, 3.05) is 19.6 Å². The maximum absolute atomic E-state index is 6.52. The SMILES string of the molecule is CC1(C)c2cc(N(c3ccccc3)c3ccccc3-c3ccccc3)ccc2-c2sc3c(c21)C(C)(C)c1cc(N(c2ccc4c(c2)oc2ccccc24)c2ccccc2-c2ccccc2)ccc1-3.CC1(C)c2cc(N(c3ccccc3)c3ccccc3-c3ccccc3)ccc2-c2sc3c(c21)C(C)(C)c1cc(N(c2ccc4sc5ccccc5c4c2)c2ccccc2-c2ccccc2)ccc1-3. The molecule has 136 heavy (non-hydrogen) atoms. The van der Waals surface area contributed by atoms with Gasteiger partial charge in [-0.3, -0.25) is 0 Å². The second-order valence-electron chi connectivity index (χ2n) is 38.5. The molecular weight excluding hydrogens is 1710 g/mol. The molecule has 0 atom stereocenters. The van der Waals surface area contributed by atoms with Gasteiger partial charge in [-0.25, -0.2) is 0 Å². The minimum Gasteiger partial charge on any atom is -0.456 e. The van der Waals surface area contributed by atoms with E-state index in [-0.39, 0.29) is 21.7 Å². The summed E-state index contributed by atoms with van der Waals surface area (Å²) >= 11 is 5.84. The molecule has 0 spiro atoms. The van der Waals surface area contributed by atoms with Gasteiger partial charge in [-0.15, -0.1) is 34.0 Å². The molecule has 4 heterocycles. The van der Waals surface area contributed by atoms with E-state index in [0.29, 0.717) is 0 Å². The molecule has 0 amide bonds. The Kier molecular flexibility index (Phi) is 19.5. The van der Waals surface area contributed by atoms with Gasteiger partial charge in [0.05, 0.1) is 22.7 Å². The summed E-state index contributed by atoms with van der Waals surface area (Å²) in [5.74, 6) is 0. The normalized spacial score (nSPS) is 13.8. The molecule has 22 aromatic rings. The van der Waals surface area contributed by atoms with Crippen LogP contribution in [0.1, 0.15) is 99.9 Å². The number of benzene rings is 18. The quantitative estimate of drug-likeness (QED) is 0.0961. The lowest BCUT2D eigenvalue weighted by atomic mass is 9.74. The largest absolute Gasteiger partial charge is 0.456 e. The Balaban J connectivity index is 0.000000145. The van der Waals surface area contributed by atoms with Crippen LogP contribution in [0.4, 0.5) is 68.2 Å². The van der Waals surface area contributed by atoms with Crippen molar-refractivity contribution in [3.05, 3.63) is 481 Å². The molecule has 8 heteroatoms. The Morgan fingerprint density at radius 1 is 0.184 bits per heavy atom. The first kappa shape index (κ1) is 82.5. The van der Waals surface area contributed by atoms with Gasteiger partial charge in [0.15, 0.2) is 0 Å². The van der Waals surface area contributed by atoms with Gasteiger partial charge in [-0.05, 0) is 229 Å². The van der Waals surface area contributed by atoms with Crippen LogP contribution in [0.5, 0.6) is 0 Å². The molecule has 0 saturated carbocycles. The summed E-state index contributed by atoms with van der Waals surface area (Å²) in [4.78, 5) is 15.4. The summed E-state index contributed by atoms with van der Waals surface area (Å²) in [5, 5.41) is 4.85. The van der Waals surface area contributed by atoms with Gasteiger partial charge in [0.25, 0.3) is 0 Å². The fraction of sp³-hybridized carbons (Fsp3) is 0.0938. The number of para-hydroxylation sites is 7. The van der Waals surface area contributed by atoms with Gasteiger partial charge in [-0.2, -0.15) is 0 Å². The molecule has 4 aromatic heterocycles. The Bertz CT molecular complexity index is 8490. The van der Waals surface area contributed by atoms with Gasteiger partial charge in [0, 0.05) is 146 Å². The molecular formula is C128H96N4OS3. The number of anilines is 12. The maximum atomic E-state index is 6.52. The van der Waals surface area contributed by atoms with Crippen molar-refractivity contribution in [2.45, 2.75) is 77.0 Å². The lowest BCUT2D eigenvalue weighted by Crippen LogP contribution is -2.23. The first-order valence-corrected chi connectivity index (χ1v) is 49.6. The van der Waals surface area contributed by atoms with Crippen LogP contribution in [-0.4, -0.2) is 0 Å². The second kappa shape index (κ2) is 32.2. The van der Waals surface area contributed by atoms with Gasteiger partial charge >= 0.3 is 0 Å². The molecule has 4 aliphatic rings. The standard InChI is InChI=1S/C64H48N2OS.C64H48N2S2/c1-63(2)53-38-44(65(43-24-12-7-13-25-43)55-29-17-14-26-47(55)41-20-8-5-9-21-41)33-36-51(53)61-59(63)60-62(68-61)52-37-34-45(39-54(52)64(60,3)4)66(56-30-18-15-27-48(56)42-22-10-6-11-23-42)46-32-35-50-49-28-16-19-31-57(49)67-58(50)40-46;1-63(2)53-39-45(65(43-24-12-7-13-25-43)55-29-17-14-26-47(55)41-20-8-5-9-21-41)32-35-50(53)61-59(63)60-62(68-61)51-36-33-46(40-54(51)64(60,3)4)66(56-30-18-15-27-48(56)42-22-10-6-11-23-42)44-34-37-58-52(38-44)49-28-16-19-31-57(49)67-58/h2*5-40H,1-4H3. The summed E-state index contributed by atoms with van der Waals surface area (Å²) < 4.78 is 9.14. The van der Waals surface area contributed by atoms with Gasteiger partial charge in [0.2, 0.25) is 0 Å². The molecule has 5 nitrogen and oxygen atoms in total. The predicted octanol–water partition coefficient (Wildman–Crippen LogP) is 37.5. The van der Waals surface area contributed by atoms with Crippen molar-refractivity contribution >= 4 is 144 Å². The summed E-state index contributed by atoms with van der Waals surface area (Å²) in [6, 6.07) is 160. The fourth-order valence-corrected chi connectivity index (χ4v) is 27.3. The van der Waals surface area contributed by atoms with E-state index in [1.165, 1.54) is 151 Å². The van der Waals surface area contributed by atoms with Gasteiger partial charge in [-0.1, -0.05) is 347 Å². The van der Waals surface area contributed by atoms with Gasteiger partial charge in [0.1, 0.15) is 11.2 Å². The van der Waals surface area contributed by atoms with Crippen molar-refractivity contribution in [1.82, 2.24) is 0 Å². The molecule has 652 valence electrons. The van der Waals surface area contributed by atoms with Crippen molar-refractivity contribution in [2.24, 2.45) is 0 Å². The number of hydrogen-bond donors (Lipinski definition) is 0. The summed E-state index contributed by atoms with van der Waals surface area (Å²) in [5.41, 5.74) is 40.8. The smallest absolute Gasteiger partial charge is 0.137 e. The van der Waals surface area contributed by atoms with Crippen molar-refractivity contribution < 1.29 is 4.42 Å². The summed E-state index contributed by atoms with van der Waals surface area (Å²) in [6.45, 7) is 19.6. The zero-order valence-electron chi connectivity index (χ0n) is 77.0. The third-order valence-electron chi connectivity index (χ3n) is 29.2. The highest BCUT2D eigenvalue weighted by atomic mass is 32.1. The first-order chi connectivity index (χ1) is 66.5. The predicted molar refractivity (Wildman–Crippen MR) is 580 cm³/mol. The molecule has 0 radical (unpaired) electrons. The molecule has 0 bridgehead atoms. The lowest BCUT2D eigenvalue weighted by molar-refractivity contribution is 0.603. The number of furan rings is 1. The Labute approximate surface area is 806 Å². The van der Waals surface area contributed by atoms with E-state index in [2.05, 4.69) is 506 Å². The number of hydrogen-bond acceptors (Lipinski definition) is 8. The average Bonchev–Trinajstić information content (AvgIpc) is 1.52. The maximum Gasteiger partial charge on any atom is 0.137 e. The third-order valence-corrected chi connectivity index (χ3v) is 32.9. The fourth-order valence-electron chi connectivity index (χ4n) is 22.8. The van der Waals surface area contributed by atoms with Crippen LogP contribution in [0.3, 0.4) is 0 Å². The molecule has 0 aliphatic heterocycles. The number of thiophene rings is 3. The van der Waals surface area contributed by atoms with E-state index < -0.39 is 0 Å².